The molecule has 4 heteroatoms. The van der Waals surface area contributed by atoms with Crippen LogP contribution in [0.2, 0.25) is 0 Å². The molecule has 0 spiro atoms. The minimum Gasteiger partial charge on any atom is -0.481 e. The van der Waals surface area contributed by atoms with Crippen molar-refractivity contribution in [2.45, 2.75) is 119 Å². The Morgan fingerprint density at radius 2 is 1.10 bits per heavy atom. The van der Waals surface area contributed by atoms with Crippen molar-refractivity contribution in [1.82, 2.24) is 0 Å². The first kappa shape index (κ1) is 27.9. The molecule has 0 aliphatic heterocycles. The molecule has 29 heavy (non-hydrogen) atoms. The van der Waals surface area contributed by atoms with Gasteiger partial charge in [0.1, 0.15) is 0 Å². The van der Waals surface area contributed by atoms with Gasteiger partial charge in [0.2, 0.25) is 0 Å². The van der Waals surface area contributed by atoms with Crippen molar-refractivity contribution in [2.75, 3.05) is 0 Å². The van der Waals surface area contributed by atoms with Crippen molar-refractivity contribution in [3.8, 4) is 0 Å². The minimum atomic E-state index is -0.688. The van der Waals surface area contributed by atoms with Gasteiger partial charge in [0.15, 0.2) is 0 Å². The van der Waals surface area contributed by atoms with Crippen LogP contribution in [0.25, 0.3) is 0 Å². The third-order valence-electron chi connectivity index (χ3n) is 6.97. The zero-order valence-corrected chi connectivity index (χ0v) is 20.0. The Morgan fingerprint density at radius 3 is 1.45 bits per heavy atom. The summed E-state index contributed by atoms with van der Waals surface area (Å²) in [6.07, 6.45) is 12.5. The van der Waals surface area contributed by atoms with Crippen molar-refractivity contribution < 1.29 is 19.8 Å². The van der Waals surface area contributed by atoms with Crippen LogP contribution >= 0.6 is 0 Å². The first-order valence-electron chi connectivity index (χ1n) is 12.0. The molecule has 172 valence electrons. The van der Waals surface area contributed by atoms with E-state index in [9.17, 15) is 14.7 Å². The summed E-state index contributed by atoms with van der Waals surface area (Å²) in [6.45, 7) is 12.7. The maximum atomic E-state index is 12.2. The summed E-state index contributed by atoms with van der Waals surface area (Å²) < 4.78 is 0. The van der Waals surface area contributed by atoms with E-state index in [0.717, 1.165) is 32.1 Å². The molecule has 0 aromatic heterocycles. The van der Waals surface area contributed by atoms with Crippen LogP contribution in [0.15, 0.2) is 0 Å². The molecule has 0 saturated heterocycles. The van der Waals surface area contributed by atoms with Gasteiger partial charge in [0.05, 0.1) is 5.41 Å². The molecule has 0 bridgehead atoms. The standard InChI is InChI=1S/C25H48O4/c1-19(2)22(18-25(20(3)4,21(5)6)24(28)29)16-14-12-10-8-7-9-11-13-15-17-23(26)27/h19-22H,7-18H2,1-6H3,(H,26,27)(H,28,29). The Labute approximate surface area is 179 Å². The van der Waals surface area contributed by atoms with Gasteiger partial charge < -0.3 is 10.2 Å². The van der Waals surface area contributed by atoms with Crippen LogP contribution in [0.3, 0.4) is 0 Å². The van der Waals surface area contributed by atoms with Crippen molar-refractivity contribution in [3.63, 3.8) is 0 Å². The van der Waals surface area contributed by atoms with Crippen molar-refractivity contribution in [2.24, 2.45) is 29.1 Å². The molecule has 0 aromatic carbocycles. The number of aliphatic carboxylic acids is 2. The largest absolute Gasteiger partial charge is 0.481 e. The molecule has 0 heterocycles. The highest BCUT2D eigenvalue weighted by atomic mass is 16.4. The summed E-state index contributed by atoms with van der Waals surface area (Å²) in [7, 11) is 0. The predicted octanol–water partition coefficient (Wildman–Crippen LogP) is 7.41. The Bertz CT molecular complexity index is 446. The van der Waals surface area contributed by atoms with E-state index >= 15 is 0 Å². The first-order valence-corrected chi connectivity index (χ1v) is 12.0. The molecule has 0 amide bonds. The van der Waals surface area contributed by atoms with Gasteiger partial charge in [-0.3, -0.25) is 9.59 Å². The van der Waals surface area contributed by atoms with Crippen molar-refractivity contribution >= 4 is 11.9 Å². The smallest absolute Gasteiger partial charge is 0.310 e. The van der Waals surface area contributed by atoms with Gasteiger partial charge in [-0.2, -0.15) is 0 Å². The topological polar surface area (TPSA) is 74.6 Å². The van der Waals surface area contributed by atoms with Crippen molar-refractivity contribution in [1.29, 1.82) is 0 Å². The maximum absolute atomic E-state index is 12.2. The second-order valence-electron chi connectivity index (χ2n) is 9.98. The molecular weight excluding hydrogens is 364 g/mol. The van der Waals surface area contributed by atoms with Gasteiger partial charge >= 0.3 is 11.9 Å². The van der Waals surface area contributed by atoms with Crippen LogP contribution < -0.4 is 0 Å². The third kappa shape index (κ3) is 10.5. The zero-order chi connectivity index (χ0) is 22.4. The van der Waals surface area contributed by atoms with E-state index in [1.165, 1.54) is 38.5 Å². The summed E-state index contributed by atoms with van der Waals surface area (Å²) in [4.78, 5) is 22.7. The van der Waals surface area contributed by atoms with E-state index in [4.69, 9.17) is 5.11 Å². The van der Waals surface area contributed by atoms with Crippen molar-refractivity contribution in [3.05, 3.63) is 0 Å². The molecule has 0 aliphatic rings. The molecular formula is C25H48O4. The van der Waals surface area contributed by atoms with Crippen LogP contribution in [0, 0.1) is 29.1 Å². The Hall–Kier alpha value is -1.06. The highest BCUT2D eigenvalue weighted by molar-refractivity contribution is 5.75. The quantitative estimate of drug-likeness (QED) is 0.230. The second kappa shape index (κ2) is 14.8. The Morgan fingerprint density at radius 1 is 0.690 bits per heavy atom. The molecule has 4 nitrogen and oxygen atoms in total. The lowest BCUT2D eigenvalue weighted by Crippen LogP contribution is -2.43. The third-order valence-corrected chi connectivity index (χ3v) is 6.97. The maximum Gasteiger partial charge on any atom is 0.310 e. The summed E-state index contributed by atoms with van der Waals surface area (Å²) >= 11 is 0. The number of unbranched alkanes of at least 4 members (excludes halogenated alkanes) is 8. The van der Waals surface area contributed by atoms with Gasteiger partial charge in [0.25, 0.3) is 0 Å². The minimum absolute atomic E-state index is 0.136. The van der Waals surface area contributed by atoms with E-state index in [0.29, 0.717) is 18.3 Å². The second-order valence-corrected chi connectivity index (χ2v) is 9.98. The lowest BCUT2D eigenvalue weighted by Gasteiger charge is -2.41. The normalized spacial score (nSPS) is 13.4. The van der Waals surface area contributed by atoms with Gasteiger partial charge in [-0.15, -0.1) is 0 Å². The number of carboxylic acid groups (broad SMARTS) is 2. The fraction of sp³-hybridized carbons (Fsp3) is 0.920. The average Bonchev–Trinajstić information content (AvgIpc) is 2.60. The van der Waals surface area contributed by atoms with Gasteiger partial charge in [-0.25, -0.2) is 0 Å². The van der Waals surface area contributed by atoms with Crippen LogP contribution in [-0.2, 0) is 9.59 Å². The fourth-order valence-corrected chi connectivity index (χ4v) is 4.74. The summed E-state index contributed by atoms with van der Waals surface area (Å²) in [5.74, 6) is -0.0701. The van der Waals surface area contributed by atoms with Gasteiger partial charge in [-0.1, -0.05) is 99.3 Å². The number of carboxylic acids is 2. The van der Waals surface area contributed by atoms with E-state index in [-0.39, 0.29) is 11.8 Å². The Kier molecular flexibility index (Phi) is 14.3. The average molecular weight is 413 g/mol. The highest BCUT2D eigenvalue weighted by Crippen LogP contribution is 2.44. The summed E-state index contributed by atoms with van der Waals surface area (Å²) in [5.41, 5.74) is -0.629. The van der Waals surface area contributed by atoms with Crippen LogP contribution in [0.5, 0.6) is 0 Å². The lowest BCUT2D eigenvalue weighted by atomic mass is 9.62. The van der Waals surface area contributed by atoms with E-state index in [1.807, 2.05) is 0 Å². The zero-order valence-electron chi connectivity index (χ0n) is 20.0. The number of rotatable bonds is 18. The molecule has 0 saturated carbocycles. The molecule has 0 rings (SSSR count). The van der Waals surface area contributed by atoms with E-state index in [1.54, 1.807) is 0 Å². The van der Waals surface area contributed by atoms with E-state index < -0.39 is 17.4 Å². The van der Waals surface area contributed by atoms with Crippen LogP contribution in [0.1, 0.15) is 119 Å². The molecule has 0 aliphatic carbocycles. The predicted molar refractivity (Wildman–Crippen MR) is 121 cm³/mol. The summed E-state index contributed by atoms with van der Waals surface area (Å²) in [6, 6.07) is 0. The SMILES string of the molecule is CC(C)C(CCCCCCCCCCCC(=O)O)CC(C(=O)O)(C(C)C)C(C)C. The number of hydrogen-bond donors (Lipinski definition) is 2. The molecule has 0 fully saturated rings. The molecule has 2 N–H and O–H groups in total. The molecule has 0 aromatic rings. The lowest BCUT2D eigenvalue weighted by molar-refractivity contribution is -0.158. The number of hydrogen-bond acceptors (Lipinski definition) is 2. The molecule has 1 atom stereocenters. The molecule has 1 unspecified atom stereocenters. The highest BCUT2D eigenvalue weighted by Gasteiger charge is 2.46. The Balaban J connectivity index is 4.23. The van der Waals surface area contributed by atoms with Crippen LogP contribution in [-0.4, -0.2) is 22.2 Å². The first-order chi connectivity index (χ1) is 13.6. The van der Waals surface area contributed by atoms with Gasteiger partial charge in [-0.05, 0) is 36.5 Å². The summed E-state index contributed by atoms with van der Waals surface area (Å²) in [5, 5.41) is 18.7. The van der Waals surface area contributed by atoms with Gasteiger partial charge in [0, 0.05) is 6.42 Å². The van der Waals surface area contributed by atoms with Crippen LogP contribution in [0.4, 0.5) is 0 Å². The monoisotopic (exact) mass is 412 g/mol. The fourth-order valence-electron chi connectivity index (χ4n) is 4.74. The number of carbonyl (C=O) groups is 2. The van der Waals surface area contributed by atoms with E-state index in [2.05, 4.69) is 41.5 Å². The molecule has 0 radical (unpaired) electrons.